The number of carbonyl (C=O) groups excluding carboxylic acids is 1. The standard InChI is InChI=1S/C15H12Cl2N2O/c1-10(11-6-8-12(16)9-7-11)18-19-15(20)13-4-2-3-5-14(13)17/h2-9H,1H3,(H,19,20)/b18-10-. The number of hydrazone groups is 1. The van der Waals surface area contributed by atoms with Crippen LogP contribution < -0.4 is 5.43 Å². The van der Waals surface area contributed by atoms with E-state index in [1.807, 2.05) is 12.1 Å². The Morgan fingerprint density at radius 2 is 1.70 bits per heavy atom. The Kier molecular flexibility index (Phi) is 4.77. The van der Waals surface area contributed by atoms with Gasteiger partial charge < -0.3 is 0 Å². The summed E-state index contributed by atoms with van der Waals surface area (Å²) in [5.41, 5.74) is 4.44. The first-order valence-electron chi connectivity index (χ1n) is 5.93. The summed E-state index contributed by atoms with van der Waals surface area (Å²) in [7, 11) is 0. The monoisotopic (exact) mass is 306 g/mol. The van der Waals surface area contributed by atoms with Crippen molar-refractivity contribution in [2.24, 2.45) is 5.10 Å². The van der Waals surface area contributed by atoms with Crippen LogP contribution in [0.15, 0.2) is 53.6 Å². The molecule has 0 aliphatic rings. The number of hydrogen-bond donors (Lipinski definition) is 1. The van der Waals surface area contributed by atoms with Gasteiger partial charge in [-0.25, -0.2) is 5.43 Å². The molecule has 2 aromatic carbocycles. The Morgan fingerprint density at radius 3 is 2.35 bits per heavy atom. The molecule has 0 aliphatic heterocycles. The molecule has 0 fully saturated rings. The van der Waals surface area contributed by atoms with Gasteiger partial charge in [-0.15, -0.1) is 0 Å². The summed E-state index contributed by atoms with van der Waals surface area (Å²) in [6.07, 6.45) is 0. The van der Waals surface area contributed by atoms with Gasteiger partial charge >= 0.3 is 0 Å². The zero-order chi connectivity index (χ0) is 14.5. The molecule has 2 rings (SSSR count). The molecule has 0 saturated carbocycles. The minimum Gasteiger partial charge on any atom is -0.267 e. The maximum atomic E-state index is 11.9. The molecule has 0 bridgehead atoms. The van der Waals surface area contributed by atoms with E-state index in [2.05, 4.69) is 10.5 Å². The summed E-state index contributed by atoms with van der Waals surface area (Å²) in [6.45, 7) is 1.80. The number of nitrogens with zero attached hydrogens (tertiary/aromatic N) is 1. The number of amides is 1. The van der Waals surface area contributed by atoms with Crippen LogP contribution >= 0.6 is 23.2 Å². The Balaban J connectivity index is 2.11. The summed E-state index contributed by atoms with van der Waals surface area (Å²) in [5, 5.41) is 5.10. The molecule has 0 spiro atoms. The quantitative estimate of drug-likeness (QED) is 0.672. The minimum absolute atomic E-state index is 0.344. The lowest BCUT2D eigenvalue weighted by Gasteiger charge is -2.04. The first-order valence-corrected chi connectivity index (χ1v) is 6.68. The second-order valence-electron chi connectivity index (χ2n) is 4.12. The Hall–Kier alpha value is -1.84. The molecule has 0 radical (unpaired) electrons. The molecule has 0 atom stereocenters. The van der Waals surface area contributed by atoms with Crippen molar-refractivity contribution < 1.29 is 4.79 Å². The molecule has 2 aromatic rings. The summed E-state index contributed by atoms with van der Waals surface area (Å²) < 4.78 is 0. The second-order valence-corrected chi connectivity index (χ2v) is 4.97. The maximum absolute atomic E-state index is 11.9. The van der Waals surface area contributed by atoms with E-state index in [-0.39, 0.29) is 5.91 Å². The molecule has 0 heterocycles. The van der Waals surface area contributed by atoms with Gasteiger partial charge in [0, 0.05) is 5.02 Å². The average molecular weight is 307 g/mol. The van der Waals surface area contributed by atoms with E-state index in [0.29, 0.717) is 21.3 Å². The van der Waals surface area contributed by atoms with Gasteiger partial charge in [0.2, 0.25) is 0 Å². The van der Waals surface area contributed by atoms with Crippen LogP contribution in [0.2, 0.25) is 10.0 Å². The van der Waals surface area contributed by atoms with Gasteiger partial charge in [-0.2, -0.15) is 5.10 Å². The number of halogens is 2. The summed E-state index contributed by atoms with van der Waals surface area (Å²) in [5.74, 6) is -0.344. The normalized spacial score (nSPS) is 11.2. The number of nitrogens with one attached hydrogen (secondary N) is 1. The largest absolute Gasteiger partial charge is 0.272 e. The highest BCUT2D eigenvalue weighted by Gasteiger charge is 2.08. The van der Waals surface area contributed by atoms with Crippen molar-refractivity contribution in [2.75, 3.05) is 0 Å². The molecule has 0 aromatic heterocycles. The van der Waals surface area contributed by atoms with E-state index in [9.17, 15) is 4.79 Å². The number of benzene rings is 2. The molecule has 1 amide bonds. The van der Waals surface area contributed by atoms with Crippen molar-refractivity contribution in [3.63, 3.8) is 0 Å². The van der Waals surface area contributed by atoms with E-state index in [1.54, 1.807) is 43.3 Å². The van der Waals surface area contributed by atoms with Crippen molar-refractivity contribution in [1.82, 2.24) is 5.43 Å². The van der Waals surface area contributed by atoms with Gasteiger partial charge in [-0.1, -0.05) is 47.5 Å². The summed E-state index contributed by atoms with van der Waals surface area (Å²) >= 11 is 11.8. The lowest BCUT2D eigenvalue weighted by molar-refractivity contribution is 0.0955. The fourth-order valence-electron chi connectivity index (χ4n) is 1.60. The smallest absolute Gasteiger partial charge is 0.267 e. The molecule has 0 unspecified atom stereocenters. The first kappa shape index (κ1) is 14.6. The Labute approximate surface area is 127 Å². The van der Waals surface area contributed by atoms with Crippen molar-refractivity contribution in [3.05, 3.63) is 69.7 Å². The first-order chi connectivity index (χ1) is 9.58. The van der Waals surface area contributed by atoms with Gasteiger partial charge in [0.25, 0.3) is 5.91 Å². The SMILES string of the molecule is C/C(=N/NC(=O)c1ccccc1Cl)c1ccc(Cl)cc1. The zero-order valence-electron chi connectivity index (χ0n) is 10.7. The summed E-state index contributed by atoms with van der Waals surface area (Å²) in [4.78, 5) is 11.9. The van der Waals surface area contributed by atoms with Crippen molar-refractivity contribution in [1.29, 1.82) is 0 Å². The third-order valence-corrected chi connectivity index (χ3v) is 3.29. The molecule has 5 heteroatoms. The van der Waals surface area contributed by atoms with Gasteiger partial charge in [-0.3, -0.25) is 4.79 Å². The van der Waals surface area contributed by atoms with Crippen LogP contribution in [-0.2, 0) is 0 Å². The number of carbonyl (C=O) groups is 1. The molecule has 3 nitrogen and oxygen atoms in total. The van der Waals surface area contributed by atoms with Gasteiger partial charge in [0.15, 0.2) is 0 Å². The van der Waals surface area contributed by atoms with Crippen LogP contribution in [-0.4, -0.2) is 11.6 Å². The average Bonchev–Trinajstić information content (AvgIpc) is 2.45. The lowest BCUT2D eigenvalue weighted by Crippen LogP contribution is -2.19. The highest BCUT2D eigenvalue weighted by Crippen LogP contribution is 2.14. The highest BCUT2D eigenvalue weighted by atomic mass is 35.5. The molecule has 0 aliphatic carbocycles. The van der Waals surface area contributed by atoms with E-state index in [0.717, 1.165) is 5.56 Å². The van der Waals surface area contributed by atoms with Gasteiger partial charge in [0.1, 0.15) is 0 Å². The summed E-state index contributed by atoms with van der Waals surface area (Å²) in [6, 6.07) is 14.0. The van der Waals surface area contributed by atoms with Crippen LogP contribution in [0.25, 0.3) is 0 Å². The second kappa shape index (κ2) is 6.55. The maximum Gasteiger partial charge on any atom is 0.272 e. The van der Waals surface area contributed by atoms with Crippen LogP contribution in [0.3, 0.4) is 0 Å². The van der Waals surface area contributed by atoms with Crippen molar-refractivity contribution in [3.8, 4) is 0 Å². The van der Waals surface area contributed by atoms with Crippen molar-refractivity contribution >= 4 is 34.8 Å². The van der Waals surface area contributed by atoms with Crippen LogP contribution in [0.1, 0.15) is 22.8 Å². The highest BCUT2D eigenvalue weighted by molar-refractivity contribution is 6.33. The van der Waals surface area contributed by atoms with E-state index >= 15 is 0 Å². The Morgan fingerprint density at radius 1 is 1.05 bits per heavy atom. The zero-order valence-corrected chi connectivity index (χ0v) is 12.2. The molecule has 0 saturated heterocycles. The number of hydrogen-bond acceptors (Lipinski definition) is 2. The van der Waals surface area contributed by atoms with Crippen molar-refractivity contribution in [2.45, 2.75) is 6.92 Å². The molecule has 1 N–H and O–H groups in total. The lowest BCUT2D eigenvalue weighted by atomic mass is 10.1. The molecule has 102 valence electrons. The molecule has 20 heavy (non-hydrogen) atoms. The van der Waals surface area contributed by atoms with Crippen LogP contribution in [0.5, 0.6) is 0 Å². The molecular weight excluding hydrogens is 295 g/mol. The fraction of sp³-hybridized carbons (Fsp3) is 0.0667. The predicted molar refractivity (Wildman–Crippen MR) is 82.6 cm³/mol. The minimum atomic E-state index is -0.344. The van der Waals surface area contributed by atoms with Gasteiger partial charge in [0.05, 0.1) is 16.3 Å². The van der Waals surface area contributed by atoms with E-state index < -0.39 is 0 Å². The van der Waals surface area contributed by atoms with E-state index in [4.69, 9.17) is 23.2 Å². The number of rotatable bonds is 3. The third kappa shape index (κ3) is 3.59. The fourth-order valence-corrected chi connectivity index (χ4v) is 1.94. The Bertz CT molecular complexity index is 651. The van der Waals surface area contributed by atoms with Crippen LogP contribution in [0, 0.1) is 0 Å². The van der Waals surface area contributed by atoms with Gasteiger partial charge in [-0.05, 0) is 36.8 Å². The third-order valence-electron chi connectivity index (χ3n) is 2.71. The van der Waals surface area contributed by atoms with Crippen LogP contribution in [0.4, 0.5) is 0 Å². The van der Waals surface area contributed by atoms with E-state index in [1.165, 1.54) is 0 Å². The molecular formula is C15H12Cl2N2O. The predicted octanol–water partition coefficient (Wildman–Crippen LogP) is 4.15. The topological polar surface area (TPSA) is 41.5 Å².